The van der Waals surface area contributed by atoms with Gasteiger partial charge in [0.25, 0.3) is 0 Å². The molecule has 0 radical (unpaired) electrons. The first kappa shape index (κ1) is 16.5. The van der Waals surface area contributed by atoms with Crippen LogP contribution in [0.3, 0.4) is 0 Å². The molecule has 0 fully saturated rings. The Labute approximate surface area is 146 Å². The highest BCUT2D eigenvalue weighted by molar-refractivity contribution is 8.00. The Morgan fingerprint density at radius 3 is 2.62 bits per heavy atom. The summed E-state index contributed by atoms with van der Waals surface area (Å²) in [4.78, 5) is 17.3. The van der Waals surface area contributed by atoms with Gasteiger partial charge in [-0.2, -0.15) is 0 Å². The molecular formula is C20H20N2OS. The molecule has 1 atom stereocenters. The summed E-state index contributed by atoms with van der Waals surface area (Å²) in [6.07, 6.45) is 0.747. The van der Waals surface area contributed by atoms with Crippen molar-refractivity contribution in [3.63, 3.8) is 0 Å². The number of aromatic nitrogens is 1. The van der Waals surface area contributed by atoms with E-state index >= 15 is 0 Å². The SMILES string of the molecule is CC[C@H](Sc1ccc2ccccc2n1)C(=O)Nc1ccccc1C. The average molecular weight is 336 g/mol. The quantitative estimate of drug-likeness (QED) is 0.663. The number of amides is 1. The van der Waals surface area contributed by atoms with Gasteiger partial charge >= 0.3 is 0 Å². The van der Waals surface area contributed by atoms with Crippen molar-refractivity contribution in [3.8, 4) is 0 Å². The number of hydrogen-bond acceptors (Lipinski definition) is 3. The van der Waals surface area contributed by atoms with Crippen LogP contribution in [-0.2, 0) is 4.79 Å². The second-order valence-corrected chi connectivity index (χ2v) is 6.88. The number of benzene rings is 2. The molecule has 1 heterocycles. The number of carbonyl (C=O) groups excluding carboxylic acids is 1. The van der Waals surface area contributed by atoms with E-state index in [-0.39, 0.29) is 11.2 Å². The zero-order valence-corrected chi connectivity index (χ0v) is 14.6. The van der Waals surface area contributed by atoms with Crippen LogP contribution in [0.4, 0.5) is 5.69 Å². The van der Waals surface area contributed by atoms with Gasteiger partial charge in [0.15, 0.2) is 0 Å². The average Bonchev–Trinajstić information content (AvgIpc) is 2.61. The fourth-order valence-corrected chi connectivity index (χ4v) is 3.43. The number of pyridine rings is 1. The van der Waals surface area contributed by atoms with E-state index in [0.29, 0.717) is 0 Å². The Hall–Kier alpha value is -2.33. The maximum Gasteiger partial charge on any atom is 0.237 e. The minimum Gasteiger partial charge on any atom is -0.325 e. The summed E-state index contributed by atoms with van der Waals surface area (Å²) in [6, 6.07) is 19.9. The van der Waals surface area contributed by atoms with Crippen LogP contribution in [0, 0.1) is 6.92 Å². The van der Waals surface area contributed by atoms with Gasteiger partial charge in [-0.25, -0.2) is 4.98 Å². The van der Waals surface area contributed by atoms with E-state index in [9.17, 15) is 4.79 Å². The maximum atomic E-state index is 12.6. The number of aryl methyl sites for hydroxylation is 1. The predicted octanol–water partition coefficient (Wildman–Crippen LogP) is 5.05. The standard InChI is InChI=1S/C20H20N2OS/c1-3-18(20(23)22-16-10-6-4-8-14(16)2)24-19-13-12-15-9-5-7-11-17(15)21-19/h4-13,18H,3H2,1-2H3,(H,22,23)/t18-/m0/s1. The number of fused-ring (bicyclic) bond motifs is 1. The third-order valence-electron chi connectivity index (χ3n) is 3.90. The molecule has 0 saturated carbocycles. The van der Waals surface area contributed by atoms with Crippen molar-refractivity contribution in [2.24, 2.45) is 0 Å². The van der Waals surface area contributed by atoms with E-state index in [1.54, 1.807) is 0 Å². The van der Waals surface area contributed by atoms with Gasteiger partial charge in [-0.3, -0.25) is 4.79 Å². The molecule has 0 saturated heterocycles. The number of carbonyl (C=O) groups is 1. The number of hydrogen-bond donors (Lipinski definition) is 1. The van der Waals surface area contributed by atoms with Gasteiger partial charge in [-0.15, -0.1) is 0 Å². The molecular weight excluding hydrogens is 316 g/mol. The van der Waals surface area contributed by atoms with Crippen LogP contribution in [0.25, 0.3) is 10.9 Å². The first-order valence-corrected chi connectivity index (χ1v) is 8.94. The topological polar surface area (TPSA) is 42.0 Å². The fraction of sp³-hybridized carbons (Fsp3) is 0.200. The fourth-order valence-electron chi connectivity index (χ4n) is 2.51. The monoisotopic (exact) mass is 336 g/mol. The van der Waals surface area contributed by atoms with Crippen LogP contribution in [-0.4, -0.2) is 16.1 Å². The zero-order valence-electron chi connectivity index (χ0n) is 13.8. The molecule has 1 aromatic heterocycles. The van der Waals surface area contributed by atoms with E-state index in [2.05, 4.69) is 16.4 Å². The summed E-state index contributed by atoms with van der Waals surface area (Å²) in [5.41, 5.74) is 2.89. The summed E-state index contributed by atoms with van der Waals surface area (Å²) in [7, 11) is 0. The van der Waals surface area contributed by atoms with E-state index in [1.165, 1.54) is 11.8 Å². The molecule has 0 unspecified atom stereocenters. The number of nitrogens with zero attached hydrogens (tertiary/aromatic N) is 1. The Kier molecular flexibility index (Phi) is 5.16. The molecule has 3 rings (SSSR count). The van der Waals surface area contributed by atoms with Gasteiger partial charge in [0.2, 0.25) is 5.91 Å². The van der Waals surface area contributed by atoms with Crippen molar-refractivity contribution in [3.05, 3.63) is 66.2 Å². The van der Waals surface area contributed by atoms with Crippen molar-refractivity contribution in [1.82, 2.24) is 4.98 Å². The Balaban J connectivity index is 1.75. The van der Waals surface area contributed by atoms with Crippen molar-refractivity contribution in [2.75, 3.05) is 5.32 Å². The summed E-state index contributed by atoms with van der Waals surface area (Å²) < 4.78 is 0. The summed E-state index contributed by atoms with van der Waals surface area (Å²) in [6.45, 7) is 4.02. The van der Waals surface area contributed by atoms with Crippen molar-refractivity contribution in [1.29, 1.82) is 0 Å². The molecule has 3 aromatic rings. The molecule has 0 aliphatic rings. The van der Waals surface area contributed by atoms with E-state index in [1.807, 2.05) is 68.4 Å². The molecule has 3 nitrogen and oxygen atoms in total. The highest BCUT2D eigenvalue weighted by Crippen LogP contribution is 2.27. The second-order valence-electron chi connectivity index (χ2n) is 5.66. The normalized spacial score (nSPS) is 12.1. The van der Waals surface area contributed by atoms with Crippen LogP contribution in [0.1, 0.15) is 18.9 Å². The van der Waals surface area contributed by atoms with Gasteiger partial charge < -0.3 is 5.32 Å². The van der Waals surface area contributed by atoms with Crippen LogP contribution in [0.2, 0.25) is 0 Å². The molecule has 0 bridgehead atoms. The van der Waals surface area contributed by atoms with Gasteiger partial charge in [-0.1, -0.05) is 61.2 Å². The summed E-state index contributed by atoms with van der Waals surface area (Å²) in [5.74, 6) is 0.0201. The molecule has 1 amide bonds. The zero-order chi connectivity index (χ0) is 16.9. The predicted molar refractivity (Wildman–Crippen MR) is 101 cm³/mol. The lowest BCUT2D eigenvalue weighted by Gasteiger charge is -2.15. The third-order valence-corrected chi connectivity index (χ3v) is 5.20. The smallest absolute Gasteiger partial charge is 0.237 e. The highest BCUT2D eigenvalue weighted by Gasteiger charge is 2.19. The van der Waals surface area contributed by atoms with Gasteiger partial charge in [0, 0.05) is 11.1 Å². The number of thioether (sulfide) groups is 1. The Morgan fingerprint density at radius 1 is 1.08 bits per heavy atom. The molecule has 4 heteroatoms. The van der Waals surface area contributed by atoms with Crippen molar-refractivity contribution >= 4 is 34.3 Å². The van der Waals surface area contributed by atoms with E-state index in [4.69, 9.17) is 0 Å². The summed E-state index contributed by atoms with van der Waals surface area (Å²) in [5, 5.41) is 4.85. The molecule has 122 valence electrons. The van der Waals surface area contributed by atoms with Gasteiger partial charge in [0.05, 0.1) is 15.8 Å². The lowest BCUT2D eigenvalue weighted by molar-refractivity contribution is -0.115. The molecule has 0 aliphatic heterocycles. The largest absolute Gasteiger partial charge is 0.325 e. The van der Waals surface area contributed by atoms with E-state index in [0.717, 1.165) is 33.6 Å². The Bertz CT molecular complexity index is 863. The van der Waals surface area contributed by atoms with Crippen molar-refractivity contribution < 1.29 is 4.79 Å². The number of nitrogens with one attached hydrogen (secondary N) is 1. The van der Waals surface area contributed by atoms with Gasteiger partial charge in [0.1, 0.15) is 0 Å². The first-order chi connectivity index (χ1) is 11.7. The number of rotatable bonds is 5. The van der Waals surface area contributed by atoms with Crippen LogP contribution < -0.4 is 5.32 Å². The molecule has 24 heavy (non-hydrogen) atoms. The van der Waals surface area contributed by atoms with Gasteiger partial charge in [-0.05, 0) is 37.1 Å². The lowest BCUT2D eigenvalue weighted by atomic mass is 10.2. The van der Waals surface area contributed by atoms with Crippen LogP contribution in [0.15, 0.2) is 65.7 Å². The molecule has 0 aliphatic carbocycles. The second kappa shape index (κ2) is 7.49. The molecule has 1 N–H and O–H groups in total. The maximum absolute atomic E-state index is 12.6. The van der Waals surface area contributed by atoms with Crippen LogP contribution >= 0.6 is 11.8 Å². The van der Waals surface area contributed by atoms with Crippen molar-refractivity contribution in [2.45, 2.75) is 30.5 Å². The Morgan fingerprint density at radius 2 is 1.83 bits per heavy atom. The molecule has 2 aromatic carbocycles. The molecule has 0 spiro atoms. The minimum absolute atomic E-state index is 0.0201. The van der Waals surface area contributed by atoms with Crippen LogP contribution in [0.5, 0.6) is 0 Å². The number of para-hydroxylation sites is 2. The number of anilines is 1. The minimum atomic E-state index is -0.168. The van der Waals surface area contributed by atoms with E-state index < -0.39 is 0 Å². The highest BCUT2D eigenvalue weighted by atomic mass is 32.2. The first-order valence-electron chi connectivity index (χ1n) is 8.06. The summed E-state index contributed by atoms with van der Waals surface area (Å²) >= 11 is 1.51. The third kappa shape index (κ3) is 3.77. The lowest BCUT2D eigenvalue weighted by Crippen LogP contribution is -2.25.